The molecule has 1 aromatic carbocycles. The number of halogens is 2. The number of hydrogen-bond acceptors (Lipinski definition) is 1. The first-order valence-electron chi connectivity index (χ1n) is 10.8. The number of alkyl halides is 2. The maximum Gasteiger partial charge on any atom is 0.387 e. The van der Waals surface area contributed by atoms with Crippen molar-refractivity contribution in [2.24, 2.45) is 29.6 Å². The van der Waals surface area contributed by atoms with Gasteiger partial charge in [0.15, 0.2) is 0 Å². The molecule has 1 aromatic rings. The number of hydrogen-bond donors (Lipinski definition) is 0. The lowest BCUT2D eigenvalue weighted by Gasteiger charge is -2.50. The molecule has 4 rings (SSSR count). The Morgan fingerprint density at radius 2 is 1.56 bits per heavy atom. The standard InChI is InChI=1S/C24H32F2O/c1-2-3-16-4-12-22-19(14-16)5-6-20-15-18(9-13-23(20)22)17-7-10-21(11-8-17)27-24(25)26/h2-3,7-8,10-11,16,18-20,22-24H,4-6,9,12-15H2,1H3/b3-2+. The summed E-state index contributed by atoms with van der Waals surface area (Å²) in [5.41, 5.74) is 1.30. The zero-order chi connectivity index (χ0) is 18.8. The molecule has 1 nitrogen and oxygen atoms in total. The fourth-order valence-corrected chi connectivity index (χ4v) is 6.50. The van der Waals surface area contributed by atoms with E-state index in [0.717, 1.165) is 29.6 Å². The highest BCUT2D eigenvalue weighted by molar-refractivity contribution is 5.30. The first kappa shape index (κ1) is 19.0. The molecule has 3 saturated carbocycles. The second-order valence-electron chi connectivity index (χ2n) is 8.98. The highest BCUT2D eigenvalue weighted by Crippen LogP contribution is 2.54. The average molecular weight is 375 g/mol. The minimum Gasteiger partial charge on any atom is -0.435 e. The molecule has 0 saturated heterocycles. The molecule has 3 aliphatic rings. The summed E-state index contributed by atoms with van der Waals surface area (Å²) in [7, 11) is 0. The van der Waals surface area contributed by atoms with E-state index in [0.29, 0.717) is 5.92 Å². The van der Waals surface area contributed by atoms with Crippen LogP contribution in [0.25, 0.3) is 0 Å². The Hall–Kier alpha value is -1.38. The summed E-state index contributed by atoms with van der Waals surface area (Å²) in [4.78, 5) is 0. The van der Waals surface area contributed by atoms with Crippen LogP contribution < -0.4 is 4.74 Å². The van der Waals surface area contributed by atoms with E-state index in [9.17, 15) is 8.78 Å². The summed E-state index contributed by atoms with van der Waals surface area (Å²) >= 11 is 0. The molecule has 27 heavy (non-hydrogen) atoms. The third-order valence-electron chi connectivity index (χ3n) is 7.62. The van der Waals surface area contributed by atoms with Crippen LogP contribution in [0.5, 0.6) is 5.75 Å². The van der Waals surface area contributed by atoms with Crippen molar-refractivity contribution in [1.82, 2.24) is 0 Å². The Morgan fingerprint density at radius 1 is 0.889 bits per heavy atom. The lowest BCUT2D eigenvalue weighted by Crippen LogP contribution is -2.41. The molecule has 6 unspecified atom stereocenters. The van der Waals surface area contributed by atoms with E-state index in [1.807, 2.05) is 12.1 Å². The van der Waals surface area contributed by atoms with Crippen LogP contribution in [0.1, 0.15) is 69.8 Å². The first-order chi connectivity index (χ1) is 13.1. The molecular formula is C24H32F2O. The molecule has 0 bridgehead atoms. The van der Waals surface area contributed by atoms with Gasteiger partial charge in [0.1, 0.15) is 5.75 Å². The molecule has 0 aromatic heterocycles. The van der Waals surface area contributed by atoms with Crippen LogP contribution in [0.4, 0.5) is 8.78 Å². The van der Waals surface area contributed by atoms with E-state index in [2.05, 4.69) is 23.8 Å². The lowest BCUT2D eigenvalue weighted by molar-refractivity contribution is -0.0498. The van der Waals surface area contributed by atoms with Gasteiger partial charge >= 0.3 is 6.61 Å². The second-order valence-corrected chi connectivity index (χ2v) is 8.98. The predicted molar refractivity (Wildman–Crippen MR) is 105 cm³/mol. The molecule has 0 N–H and O–H groups in total. The lowest BCUT2D eigenvalue weighted by atomic mass is 9.55. The van der Waals surface area contributed by atoms with Gasteiger partial charge < -0.3 is 4.74 Å². The third-order valence-corrected chi connectivity index (χ3v) is 7.62. The van der Waals surface area contributed by atoms with Crippen LogP contribution in [-0.4, -0.2) is 6.61 Å². The molecule has 3 fully saturated rings. The summed E-state index contributed by atoms with van der Waals surface area (Å²) in [5, 5.41) is 0. The Balaban J connectivity index is 1.37. The van der Waals surface area contributed by atoms with Gasteiger partial charge in [-0.2, -0.15) is 8.78 Å². The fourth-order valence-electron chi connectivity index (χ4n) is 6.50. The molecule has 3 aliphatic carbocycles. The molecule has 0 aliphatic heterocycles. The Bertz CT molecular complexity index is 638. The molecule has 0 heterocycles. The number of rotatable bonds is 4. The minimum atomic E-state index is -2.75. The normalized spacial score (nSPS) is 36.4. The van der Waals surface area contributed by atoms with Crippen LogP contribution >= 0.6 is 0 Å². The van der Waals surface area contributed by atoms with Crippen molar-refractivity contribution in [3.8, 4) is 5.75 Å². The SMILES string of the molecule is C/C=C/C1CCC2C(CCC3CC(c4ccc(OC(F)F)cc4)CCC32)C1. The van der Waals surface area contributed by atoms with Gasteiger partial charge in [-0.15, -0.1) is 0 Å². The minimum absolute atomic E-state index is 0.265. The molecular weight excluding hydrogens is 342 g/mol. The topological polar surface area (TPSA) is 9.23 Å². The predicted octanol–water partition coefficient (Wildman–Crippen LogP) is 7.19. The molecule has 148 valence electrons. The van der Waals surface area contributed by atoms with Gasteiger partial charge in [0.25, 0.3) is 0 Å². The van der Waals surface area contributed by atoms with Gasteiger partial charge in [-0.05, 0) is 111 Å². The maximum atomic E-state index is 12.3. The largest absolute Gasteiger partial charge is 0.435 e. The summed E-state index contributed by atoms with van der Waals surface area (Å²) in [5.74, 6) is 5.35. The number of benzene rings is 1. The monoisotopic (exact) mass is 374 g/mol. The zero-order valence-electron chi connectivity index (χ0n) is 16.3. The van der Waals surface area contributed by atoms with Crippen molar-refractivity contribution < 1.29 is 13.5 Å². The van der Waals surface area contributed by atoms with Crippen LogP contribution in [-0.2, 0) is 0 Å². The van der Waals surface area contributed by atoms with Gasteiger partial charge in [-0.25, -0.2) is 0 Å². The van der Waals surface area contributed by atoms with Crippen LogP contribution in [0.3, 0.4) is 0 Å². The van der Waals surface area contributed by atoms with Gasteiger partial charge in [-0.3, -0.25) is 0 Å². The third kappa shape index (κ3) is 4.22. The van der Waals surface area contributed by atoms with Crippen LogP contribution in [0.15, 0.2) is 36.4 Å². The van der Waals surface area contributed by atoms with Crippen molar-refractivity contribution in [3.63, 3.8) is 0 Å². The van der Waals surface area contributed by atoms with Gasteiger partial charge in [-0.1, -0.05) is 24.3 Å². The smallest absolute Gasteiger partial charge is 0.387 e. The van der Waals surface area contributed by atoms with Crippen molar-refractivity contribution in [3.05, 3.63) is 42.0 Å². The molecule has 0 radical (unpaired) electrons. The molecule has 3 heteroatoms. The van der Waals surface area contributed by atoms with E-state index >= 15 is 0 Å². The second kappa shape index (κ2) is 8.32. The Labute approximate surface area is 162 Å². The maximum absolute atomic E-state index is 12.3. The number of allylic oxidation sites excluding steroid dienone is 2. The van der Waals surface area contributed by atoms with E-state index < -0.39 is 6.61 Å². The summed E-state index contributed by atoms with van der Waals surface area (Å²) in [6.45, 7) is -0.597. The van der Waals surface area contributed by atoms with Crippen molar-refractivity contribution in [1.29, 1.82) is 0 Å². The van der Waals surface area contributed by atoms with E-state index in [-0.39, 0.29) is 5.75 Å². The number of ether oxygens (including phenoxy) is 1. The fraction of sp³-hybridized carbons (Fsp3) is 0.667. The van der Waals surface area contributed by atoms with E-state index in [4.69, 9.17) is 0 Å². The van der Waals surface area contributed by atoms with E-state index in [1.165, 1.54) is 56.9 Å². The van der Waals surface area contributed by atoms with Crippen molar-refractivity contribution in [2.45, 2.75) is 70.8 Å². The summed E-state index contributed by atoms with van der Waals surface area (Å²) in [6, 6.07) is 7.40. The highest BCUT2D eigenvalue weighted by atomic mass is 19.3. The van der Waals surface area contributed by atoms with Crippen LogP contribution in [0, 0.1) is 29.6 Å². The van der Waals surface area contributed by atoms with Crippen molar-refractivity contribution >= 4 is 0 Å². The molecule has 0 amide bonds. The highest BCUT2D eigenvalue weighted by Gasteiger charge is 2.44. The van der Waals surface area contributed by atoms with Crippen molar-refractivity contribution in [2.75, 3.05) is 0 Å². The van der Waals surface area contributed by atoms with Gasteiger partial charge in [0, 0.05) is 0 Å². The van der Waals surface area contributed by atoms with E-state index in [1.54, 1.807) is 12.1 Å². The van der Waals surface area contributed by atoms with Gasteiger partial charge in [0.2, 0.25) is 0 Å². The van der Waals surface area contributed by atoms with Gasteiger partial charge in [0.05, 0.1) is 0 Å². The Kier molecular flexibility index (Phi) is 5.85. The molecule has 6 atom stereocenters. The summed E-state index contributed by atoms with van der Waals surface area (Å²) in [6.07, 6.45) is 15.5. The zero-order valence-corrected chi connectivity index (χ0v) is 16.3. The molecule has 0 spiro atoms. The van der Waals surface area contributed by atoms with Crippen LogP contribution in [0.2, 0.25) is 0 Å². The number of fused-ring (bicyclic) bond motifs is 3. The average Bonchev–Trinajstić information content (AvgIpc) is 2.67. The first-order valence-corrected chi connectivity index (χ1v) is 10.8. The Morgan fingerprint density at radius 3 is 2.22 bits per heavy atom. The summed E-state index contributed by atoms with van der Waals surface area (Å²) < 4.78 is 29.2. The quantitative estimate of drug-likeness (QED) is 0.507.